The largest absolute Gasteiger partial charge is 0.399 e. The molecule has 0 spiro atoms. The molecule has 1 fully saturated rings. The lowest BCUT2D eigenvalue weighted by Gasteiger charge is -2.36. The van der Waals surface area contributed by atoms with Gasteiger partial charge in [0.05, 0.1) is 12.1 Å². The number of rotatable bonds is 4. The zero-order valence-electron chi connectivity index (χ0n) is 16.0. The van der Waals surface area contributed by atoms with E-state index in [0.717, 1.165) is 48.1 Å². The molecule has 3 aromatic rings. The molecule has 2 aromatic carbocycles. The number of hydrogen-bond acceptors (Lipinski definition) is 5. The van der Waals surface area contributed by atoms with Crippen LogP contribution in [-0.2, 0) is 11.2 Å². The Kier molecular flexibility index (Phi) is 5.30. The number of hydrogen-bond donors (Lipinski definition) is 1. The number of nitrogen functional groups attached to an aromatic ring is 1. The van der Waals surface area contributed by atoms with Crippen molar-refractivity contribution >= 4 is 28.6 Å². The first-order valence-electron chi connectivity index (χ1n) is 9.48. The van der Waals surface area contributed by atoms with Crippen molar-refractivity contribution in [2.24, 2.45) is 0 Å². The Labute approximate surface area is 169 Å². The van der Waals surface area contributed by atoms with Crippen LogP contribution < -0.4 is 10.6 Å². The third kappa shape index (κ3) is 4.17. The first-order chi connectivity index (χ1) is 13.6. The van der Waals surface area contributed by atoms with Crippen LogP contribution in [0.5, 0.6) is 0 Å². The van der Waals surface area contributed by atoms with Crippen LogP contribution >= 0.6 is 11.3 Å². The number of aryl methyl sites for hydroxylation is 1. The summed E-state index contributed by atoms with van der Waals surface area (Å²) >= 11 is 1.57. The minimum Gasteiger partial charge on any atom is -0.399 e. The fraction of sp³-hybridized carbons (Fsp3) is 0.273. The molecule has 1 saturated heterocycles. The summed E-state index contributed by atoms with van der Waals surface area (Å²) in [7, 11) is 0. The van der Waals surface area contributed by atoms with Crippen LogP contribution in [0, 0.1) is 6.92 Å². The molecule has 1 aromatic heterocycles. The smallest absolute Gasteiger partial charge is 0.228 e. The molecule has 0 unspecified atom stereocenters. The monoisotopic (exact) mass is 392 g/mol. The first-order valence-corrected chi connectivity index (χ1v) is 10.4. The van der Waals surface area contributed by atoms with Crippen molar-refractivity contribution in [1.29, 1.82) is 0 Å². The molecule has 0 atom stereocenters. The Morgan fingerprint density at radius 1 is 1.11 bits per heavy atom. The third-order valence-corrected chi connectivity index (χ3v) is 5.98. The summed E-state index contributed by atoms with van der Waals surface area (Å²) in [6.07, 6.45) is 0.357. The fourth-order valence-corrected chi connectivity index (χ4v) is 4.28. The van der Waals surface area contributed by atoms with Crippen molar-refractivity contribution in [2.45, 2.75) is 13.3 Å². The summed E-state index contributed by atoms with van der Waals surface area (Å²) in [5.74, 6) is 0.151. The standard InChI is InChI=1S/C22H24N4OS/c1-16-3-2-4-20(13-16)25-9-11-26(12-10-25)21(27)14-19-15-28-22(24-19)17-5-7-18(23)8-6-17/h2-8,13,15H,9-12,14,23H2,1H3. The molecule has 0 saturated carbocycles. The van der Waals surface area contributed by atoms with Gasteiger partial charge in [0.2, 0.25) is 5.91 Å². The second kappa shape index (κ2) is 8.02. The average Bonchev–Trinajstić information content (AvgIpc) is 3.17. The zero-order chi connectivity index (χ0) is 19.5. The predicted octanol–water partition coefficient (Wildman–Crippen LogP) is 3.59. The van der Waals surface area contributed by atoms with Crippen molar-refractivity contribution in [2.75, 3.05) is 36.8 Å². The highest BCUT2D eigenvalue weighted by atomic mass is 32.1. The Bertz CT molecular complexity index is 959. The third-order valence-electron chi connectivity index (χ3n) is 5.04. The van der Waals surface area contributed by atoms with Gasteiger partial charge in [-0.2, -0.15) is 0 Å². The molecule has 1 aliphatic rings. The fourth-order valence-electron chi connectivity index (χ4n) is 3.45. The van der Waals surface area contributed by atoms with E-state index in [4.69, 9.17) is 5.73 Å². The lowest BCUT2D eigenvalue weighted by molar-refractivity contribution is -0.130. The van der Waals surface area contributed by atoms with Crippen LogP contribution in [-0.4, -0.2) is 42.0 Å². The van der Waals surface area contributed by atoms with Crippen molar-refractivity contribution in [1.82, 2.24) is 9.88 Å². The summed E-state index contributed by atoms with van der Waals surface area (Å²) in [4.78, 5) is 21.6. The number of carbonyl (C=O) groups excluding carboxylic acids is 1. The van der Waals surface area contributed by atoms with Crippen molar-refractivity contribution in [3.8, 4) is 10.6 Å². The van der Waals surface area contributed by atoms with Gasteiger partial charge in [-0.1, -0.05) is 12.1 Å². The van der Waals surface area contributed by atoms with Crippen molar-refractivity contribution in [3.63, 3.8) is 0 Å². The van der Waals surface area contributed by atoms with Gasteiger partial charge in [0, 0.05) is 48.5 Å². The molecule has 4 rings (SSSR count). The van der Waals surface area contributed by atoms with Crippen LogP contribution in [0.2, 0.25) is 0 Å². The lowest BCUT2D eigenvalue weighted by Crippen LogP contribution is -2.49. The van der Waals surface area contributed by atoms with E-state index < -0.39 is 0 Å². The topological polar surface area (TPSA) is 62.5 Å². The van der Waals surface area contributed by atoms with Crippen LogP contribution in [0.25, 0.3) is 10.6 Å². The molecule has 2 N–H and O–H groups in total. The Hall–Kier alpha value is -2.86. The van der Waals surface area contributed by atoms with Crippen LogP contribution in [0.4, 0.5) is 11.4 Å². The summed E-state index contributed by atoms with van der Waals surface area (Å²) < 4.78 is 0. The molecule has 5 nitrogen and oxygen atoms in total. The molecule has 144 valence electrons. The molecule has 1 amide bonds. The highest BCUT2D eigenvalue weighted by molar-refractivity contribution is 7.13. The summed E-state index contributed by atoms with van der Waals surface area (Å²) in [5, 5.41) is 2.90. The maximum atomic E-state index is 12.7. The van der Waals surface area contributed by atoms with Gasteiger partial charge in [-0.25, -0.2) is 4.98 Å². The number of carbonyl (C=O) groups is 1. The van der Waals surface area contributed by atoms with E-state index in [2.05, 4.69) is 41.1 Å². The van der Waals surface area contributed by atoms with Crippen molar-refractivity contribution < 1.29 is 4.79 Å². The SMILES string of the molecule is Cc1cccc(N2CCN(C(=O)Cc3csc(-c4ccc(N)cc4)n3)CC2)c1. The average molecular weight is 393 g/mol. The Morgan fingerprint density at radius 3 is 2.57 bits per heavy atom. The summed E-state index contributed by atoms with van der Waals surface area (Å²) in [6.45, 7) is 5.34. The number of thiazole rings is 1. The number of aromatic nitrogens is 1. The van der Waals surface area contributed by atoms with Gasteiger partial charge in [-0.3, -0.25) is 4.79 Å². The van der Waals surface area contributed by atoms with E-state index in [9.17, 15) is 4.79 Å². The Morgan fingerprint density at radius 2 is 1.86 bits per heavy atom. The quantitative estimate of drug-likeness (QED) is 0.689. The minimum absolute atomic E-state index is 0.151. The maximum Gasteiger partial charge on any atom is 0.228 e. The Balaban J connectivity index is 1.34. The molecule has 0 aliphatic carbocycles. The molecular formula is C22H24N4OS. The summed E-state index contributed by atoms with van der Waals surface area (Å²) in [5.41, 5.74) is 10.8. The van der Waals surface area contributed by atoms with E-state index in [0.29, 0.717) is 6.42 Å². The highest BCUT2D eigenvalue weighted by Crippen LogP contribution is 2.25. The highest BCUT2D eigenvalue weighted by Gasteiger charge is 2.22. The van der Waals surface area contributed by atoms with E-state index in [1.54, 1.807) is 11.3 Å². The second-order valence-electron chi connectivity index (χ2n) is 7.15. The van der Waals surface area contributed by atoms with Gasteiger partial charge in [0.15, 0.2) is 0 Å². The maximum absolute atomic E-state index is 12.7. The molecular weight excluding hydrogens is 368 g/mol. The van der Waals surface area contributed by atoms with Crippen molar-refractivity contribution in [3.05, 3.63) is 65.2 Å². The predicted molar refractivity (Wildman–Crippen MR) is 116 cm³/mol. The van der Waals surface area contributed by atoms with Gasteiger partial charge in [-0.05, 0) is 48.9 Å². The first kappa shape index (κ1) is 18.5. The van der Waals surface area contributed by atoms with Gasteiger partial charge in [0.1, 0.15) is 5.01 Å². The molecule has 0 bridgehead atoms. The number of benzene rings is 2. The van der Waals surface area contributed by atoms with E-state index in [1.165, 1.54) is 11.3 Å². The normalized spacial score (nSPS) is 14.3. The number of amides is 1. The molecule has 1 aliphatic heterocycles. The van der Waals surface area contributed by atoms with Gasteiger partial charge < -0.3 is 15.5 Å². The van der Waals surface area contributed by atoms with Gasteiger partial charge in [-0.15, -0.1) is 11.3 Å². The van der Waals surface area contributed by atoms with Crippen LogP contribution in [0.1, 0.15) is 11.3 Å². The number of nitrogens with two attached hydrogens (primary N) is 1. The molecule has 28 heavy (non-hydrogen) atoms. The minimum atomic E-state index is 0.151. The van der Waals surface area contributed by atoms with E-state index in [1.807, 2.05) is 34.5 Å². The number of nitrogens with zero attached hydrogens (tertiary/aromatic N) is 3. The van der Waals surface area contributed by atoms with Gasteiger partial charge in [0.25, 0.3) is 0 Å². The van der Waals surface area contributed by atoms with Gasteiger partial charge >= 0.3 is 0 Å². The molecule has 6 heteroatoms. The molecule has 0 radical (unpaired) electrons. The number of anilines is 2. The van der Waals surface area contributed by atoms with E-state index >= 15 is 0 Å². The molecule has 2 heterocycles. The number of piperazine rings is 1. The zero-order valence-corrected chi connectivity index (χ0v) is 16.8. The van der Waals surface area contributed by atoms with E-state index in [-0.39, 0.29) is 5.91 Å². The van der Waals surface area contributed by atoms with Crippen LogP contribution in [0.3, 0.4) is 0 Å². The van der Waals surface area contributed by atoms with Crippen LogP contribution in [0.15, 0.2) is 53.9 Å². The second-order valence-corrected chi connectivity index (χ2v) is 8.01. The lowest BCUT2D eigenvalue weighted by atomic mass is 10.2. The summed E-state index contributed by atoms with van der Waals surface area (Å²) in [6, 6.07) is 16.2.